The van der Waals surface area contributed by atoms with Crippen molar-refractivity contribution in [1.29, 1.82) is 0 Å². The fourth-order valence-corrected chi connectivity index (χ4v) is 3.16. The summed E-state index contributed by atoms with van der Waals surface area (Å²) in [6.07, 6.45) is 4.31. The number of aryl methyl sites for hydroxylation is 2. The van der Waals surface area contributed by atoms with Crippen LogP contribution in [-0.4, -0.2) is 28.9 Å². The van der Waals surface area contributed by atoms with E-state index >= 15 is 0 Å². The molecule has 0 aromatic heterocycles. The Morgan fingerprint density at radius 3 is 2.85 bits per heavy atom. The first-order valence-electron chi connectivity index (χ1n) is 7.23. The topological polar surface area (TPSA) is 49.3 Å². The average molecular weight is 293 g/mol. The molecule has 1 atom stereocenters. The van der Waals surface area contributed by atoms with Crippen LogP contribution < -0.4 is 5.32 Å². The van der Waals surface area contributed by atoms with Gasteiger partial charge in [0.1, 0.15) is 0 Å². The molecule has 0 saturated heterocycles. The normalized spacial score (nSPS) is 16.6. The maximum absolute atomic E-state index is 11.9. The second-order valence-electron chi connectivity index (χ2n) is 5.69. The van der Waals surface area contributed by atoms with Gasteiger partial charge in [0.25, 0.3) is 0 Å². The van der Waals surface area contributed by atoms with Gasteiger partial charge in [-0.2, -0.15) is 0 Å². The smallest absolute Gasteiger partial charge is 0.230 e. The molecular weight excluding hydrogens is 270 g/mol. The number of amides is 1. The zero-order valence-corrected chi connectivity index (χ0v) is 13.1. The molecule has 1 aromatic rings. The number of aliphatic hydroxyl groups is 1. The van der Waals surface area contributed by atoms with Gasteiger partial charge in [-0.3, -0.25) is 4.79 Å². The van der Waals surface area contributed by atoms with E-state index in [-0.39, 0.29) is 12.5 Å². The molecule has 2 rings (SSSR count). The second-order valence-corrected chi connectivity index (χ2v) is 6.74. The first-order valence-corrected chi connectivity index (χ1v) is 8.21. The van der Waals surface area contributed by atoms with E-state index in [1.54, 1.807) is 11.8 Å². The monoisotopic (exact) mass is 293 g/mol. The van der Waals surface area contributed by atoms with Crippen molar-refractivity contribution in [3.63, 3.8) is 0 Å². The largest absolute Gasteiger partial charge is 0.394 e. The van der Waals surface area contributed by atoms with E-state index in [4.69, 9.17) is 0 Å². The minimum atomic E-state index is -0.504. The van der Waals surface area contributed by atoms with Gasteiger partial charge in [-0.05, 0) is 55.9 Å². The summed E-state index contributed by atoms with van der Waals surface area (Å²) in [6.45, 7) is 3.80. The Bertz CT molecular complexity index is 483. The summed E-state index contributed by atoms with van der Waals surface area (Å²) in [6, 6.07) is 6.50. The highest BCUT2D eigenvalue weighted by Gasteiger charge is 2.23. The third kappa shape index (κ3) is 3.76. The lowest BCUT2D eigenvalue weighted by Crippen LogP contribution is -2.49. The summed E-state index contributed by atoms with van der Waals surface area (Å²) in [5.41, 5.74) is 2.39. The molecule has 0 saturated carbocycles. The number of carbonyl (C=O) groups is 1. The number of carbonyl (C=O) groups excluding carboxylic acids is 1. The average Bonchev–Trinajstić information content (AvgIpc) is 2.92. The lowest BCUT2D eigenvalue weighted by molar-refractivity contribution is -0.120. The van der Waals surface area contributed by atoms with E-state index in [1.165, 1.54) is 24.0 Å². The molecule has 1 aromatic carbocycles. The van der Waals surface area contributed by atoms with Crippen molar-refractivity contribution in [1.82, 2.24) is 5.32 Å². The molecule has 0 spiro atoms. The lowest BCUT2D eigenvalue weighted by atomic mass is 10.0. The molecule has 0 radical (unpaired) electrons. The van der Waals surface area contributed by atoms with E-state index in [9.17, 15) is 9.90 Å². The molecule has 1 amide bonds. The summed E-state index contributed by atoms with van der Waals surface area (Å²) in [4.78, 5) is 13.1. The van der Waals surface area contributed by atoms with Crippen LogP contribution in [-0.2, 0) is 17.6 Å². The molecule has 1 aliphatic carbocycles. The highest BCUT2D eigenvalue weighted by Crippen LogP contribution is 2.27. The molecule has 0 bridgehead atoms. The van der Waals surface area contributed by atoms with Crippen LogP contribution >= 0.6 is 11.8 Å². The van der Waals surface area contributed by atoms with Gasteiger partial charge < -0.3 is 10.4 Å². The van der Waals surface area contributed by atoms with E-state index in [0.717, 1.165) is 17.7 Å². The van der Waals surface area contributed by atoms with Gasteiger partial charge in [-0.1, -0.05) is 13.0 Å². The summed E-state index contributed by atoms with van der Waals surface area (Å²) >= 11 is 1.56. The maximum atomic E-state index is 11.9. The van der Waals surface area contributed by atoms with Crippen LogP contribution in [0, 0.1) is 0 Å². The zero-order valence-electron chi connectivity index (χ0n) is 12.2. The Hall–Kier alpha value is -1.00. The molecule has 2 N–H and O–H groups in total. The number of fused-ring (bicyclic) bond motifs is 1. The van der Waals surface area contributed by atoms with Crippen LogP contribution in [0.1, 0.15) is 37.8 Å². The van der Waals surface area contributed by atoms with Gasteiger partial charge in [-0.15, -0.1) is 11.8 Å². The maximum Gasteiger partial charge on any atom is 0.230 e. The summed E-state index contributed by atoms with van der Waals surface area (Å²) < 4.78 is 0. The minimum Gasteiger partial charge on any atom is -0.394 e. The molecule has 0 aliphatic heterocycles. The van der Waals surface area contributed by atoms with Gasteiger partial charge in [0, 0.05) is 4.90 Å². The van der Waals surface area contributed by atoms with Gasteiger partial charge in [0.15, 0.2) is 0 Å². The van der Waals surface area contributed by atoms with Crippen LogP contribution in [0.2, 0.25) is 0 Å². The molecule has 20 heavy (non-hydrogen) atoms. The van der Waals surface area contributed by atoms with Crippen molar-refractivity contribution in [3.05, 3.63) is 29.3 Å². The van der Waals surface area contributed by atoms with Gasteiger partial charge >= 0.3 is 0 Å². The Labute approximate surface area is 125 Å². The number of nitrogens with one attached hydrogen (secondary N) is 1. The number of benzene rings is 1. The van der Waals surface area contributed by atoms with Crippen LogP contribution in [0.15, 0.2) is 23.1 Å². The highest BCUT2D eigenvalue weighted by atomic mass is 32.2. The predicted octanol–water partition coefficient (Wildman–Crippen LogP) is 2.54. The molecule has 0 heterocycles. The SMILES string of the molecule is CCC(C)(CO)NC(=O)CSc1ccc2c(c1)CCC2. The Balaban J connectivity index is 1.87. The van der Waals surface area contributed by atoms with Gasteiger partial charge in [0.2, 0.25) is 5.91 Å². The molecule has 1 unspecified atom stereocenters. The van der Waals surface area contributed by atoms with Crippen molar-refractivity contribution in [2.75, 3.05) is 12.4 Å². The van der Waals surface area contributed by atoms with Crippen molar-refractivity contribution in [2.45, 2.75) is 50.0 Å². The molecule has 1 aliphatic rings. The lowest BCUT2D eigenvalue weighted by Gasteiger charge is -2.27. The van der Waals surface area contributed by atoms with Gasteiger partial charge in [0.05, 0.1) is 17.9 Å². The molecular formula is C16H23NO2S. The second kappa shape index (κ2) is 6.64. The first-order chi connectivity index (χ1) is 9.56. The van der Waals surface area contributed by atoms with E-state index in [2.05, 4.69) is 23.5 Å². The number of hydrogen-bond acceptors (Lipinski definition) is 3. The first kappa shape index (κ1) is 15.4. The molecule has 3 nitrogen and oxygen atoms in total. The molecule has 110 valence electrons. The standard InChI is InChI=1S/C16H23NO2S/c1-3-16(2,11-18)17-15(19)10-20-14-8-7-12-5-4-6-13(12)9-14/h7-9,18H,3-6,10-11H2,1-2H3,(H,17,19). The molecule has 4 heteroatoms. The zero-order chi connectivity index (χ0) is 14.6. The Kier molecular flexibility index (Phi) is 5.11. The number of rotatable bonds is 6. The fraction of sp³-hybridized carbons (Fsp3) is 0.562. The van der Waals surface area contributed by atoms with Crippen LogP contribution in [0.25, 0.3) is 0 Å². The van der Waals surface area contributed by atoms with Crippen molar-refractivity contribution >= 4 is 17.7 Å². The quantitative estimate of drug-likeness (QED) is 0.793. The number of hydrogen-bond donors (Lipinski definition) is 2. The number of thioether (sulfide) groups is 1. The van der Waals surface area contributed by atoms with Gasteiger partial charge in [-0.25, -0.2) is 0 Å². The minimum absolute atomic E-state index is 0.0195. The number of aliphatic hydroxyl groups excluding tert-OH is 1. The van der Waals surface area contributed by atoms with Crippen molar-refractivity contribution in [2.24, 2.45) is 0 Å². The van der Waals surface area contributed by atoms with E-state index in [0.29, 0.717) is 5.75 Å². The Morgan fingerprint density at radius 2 is 2.15 bits per heavy atom. The summed E-state index contributed by atoms with van der Waals surface area (Å²) in [7, 11) is 0. The van der Waals surface area contributed by atoms with Crippen LogP contribution in [0.3, 0.4) is 0 Å². The third-order valence-corrected chi connectivity index (χ3v) is 5.00. The predicted molar refractivity (Wildman–Crippen MR) is 83.1 cm³/mol. The molecule has 0 fully saturated rings. The summed E-state index contributed by atoms with van der Waals surface area (Å²) in [5, 5.41) is 12.2. The van der Waals surface area contributed by atoms with E-state index in [1.807, 2.05) is 13.8 Å². The van der Waals surface area contributed by atoms with Crippen LogP contribution in [0.5, 0.6) is 0 Å². The van der Waals surface area contributed by atoms with E-state index < -0.39 is 5.54 Å². The van der Waals surface area contributed by atoms with Crippen LogP contribution in [0.4, 0.5) is 0 Å². The summed E-state index contributed by atoms with van der Waals surface area (Å²) in [5.74, 6) is 0.378. The van der Waals surface area contributed by atoms with Crippen molar-refractivity contribution in [3.8, 4) is 0 Å². The highest BCUT2D eigenvalue weighted by molar-refractivity contribution is 8.00. The van der Waals surface area contributed by atoms with Crippen molar-refractivity contribution < 1.29 is 9.90 Å². The third-order valence-electron chi connectivity index (χ3n) is 4.01. The fourth-order valence-electron chi connectivity index (χ4n) is 2.40. The Morgan fingerprint density at radius 1 is 1.40 bits per heavy atom.